The Morgan fingerprint density at radius 2 is 2.25 bits per heavy atom. The van der Waals surface area contributed by atoms with E-state index >= 15 is 0 Å². The molecule has 0 fully saturated rings. The van der Waals surface area contributed by atoms with E-state index in [-0.39, 0.29) is 5.84 Å². The van der Waals surface area contributed by atoms with Crippen molar-refractivity contribution in [2.24, 2.45) is 21.6 Å². The summed E-state index contributed by atoms with van der Waals surface area (Å²) in [6.07, 6.45) is 4.35. The van der Waals surface area contributed by atoms with Gasteiger partial charge in [0.15, 0.2) is 0 Å². The Labute approximate surface area is 96.3 Å². The molecule has 16 heavy (non-hydrogen) atoms. The van der Waals surface area contributed by atoms with Gasteiger partial charge in [-0.05, 0) is 19.3 Å². The molecule has 0 spiro atoms. The molecule has 0 rings (SSSR count). The topological polar surface area (TPSA) is 83.8 Å². The minimum atomic E-state index is 0.257. The summed E-state index contributed by atoms with van der Waals surface area (Å²) in [4.78, 5) is 8.04. The number of rotatable bonds is 5. The second-order valence-electron chi connectivity index (χ2n) is 3.37. The average molecular weight is 222 g/mol. The summed E-state index contributed by atoms with van der Waals surface area (Å²) >= 11 is 0. The largest absolute Gasteiger partial charge is 0.390 e. The molecule has 0 saturated heterocycles. The standard InChI is InChI=1S/C11H18N4O/c1-5-8(2)6-15-10(11(13)14-4)9(3)16-7-12/h6,8H,5H2,1-4H3,(H2,13,14)/b10-9+,15-6?. The van der Waals surface area contributed by atoms with Gasteiger partial charge in [-0.3, -0.25) is 9.98 Å². The first-order valence-corrected chi connectivity index (χ1v) is 5.10. The van der Waals surface area contributed by atoms with Crippen LogP contribution in [0.1, 0.15) is 27.2 Å². The Hall–Kier alpha value is -1.83. The fourth-order valence-electron chi connectivity index (χ4n) is 0.867. The maximum absolute atomic E-state index is 8.42. The minimum absolute atomic E-state index is 0.257. The van der Waals surface area contributed by atoms with Crippen molar-refractivity contribution in [1.82, 2.24) is 0 Å². The van der Waals surface area contributed by atoms with E-state index in [1.807, 2.05) is 6.92 Å². The highest BCUT2D eigenvalue weighted by Gasteiger charge is 2.07. The van der Waals surface area contributed by atoms with E-state index in [0.717, 1.165) is 6.42 Å². The molecule has 0 aromatic carbocycles. The quantitative estimate of drug-likeness (QED) is 0.333. The molecule has 0 aliphatic heterocycles. The summed E-state index contributed by atoms with van der Waals surface area (Å²) in [7, 11) is 1.56. The number of hydrogen-bond acceptors (Lipinski definition) is 4. The van der Waals surface area contributed by atoms with E-state index in [0.29, 0.717) is 17.4 Å². The highest BCUT2D eigenvalue weighted by molar-refractivity contribution is 5.98. The Bertz CT molecular complexity index is 349. The van der Waals surface area contributed by atoms with Crippen molar-refractivity contribution in [3.8, 4) is 6.26 Å². The van der Waals surface area contributed by atoms with Gasteiger partial charge in [0, 0.05) is 13.3 Å². The van der Waals surface area contributed by atoms with E-state index in [9.17, 15) is 0 Å². The molecule has 1 unspecified atom stereocenters. The predicted molar refractivity (Wildman–Crippen MR) is 64.9 cm³/mol. The maximum Gasteiger partial charge on any atom is 0.291 e. The molecule has 2 N–H and O–H groups in total. The molecule has 1 atom stereocenters. The van der Waals surface area contributed by atoms with Crippen LogP contribution in [0.3, 0.4) is 0 Å². The number of allylic oxidation sites excluding steroid dienone is 1. The molecule has 0 amide bonds. The van der Waals surface area contributed by atoms with Gasteiger partial charge in [-0.2, -0.15) is 0 Å². The molecular formula is C11H18N4O. The molecule has 0 aromatic rings. The van der Waals surface area contributed by atoms with Gasteiger partial charge < -0.3 is 10.5 Å². The smallest absolute Gasteiger partial charge is 0.291 e. The van der Waals surface area contributed by atoms with E-state index in [1.165, 1.54) is 0 Å². The van der Waals surface area contributed by atoms with Gasteiger partial charge in [-0.25, -0.2) is 0 Å². The normalized spacial score (nSPS) is 15.6. The zero-order chi connectivity index (χ0) is 12.6. The van der Waals surface area contributed by atoms with Crippen molar-refractivity contribution in [2.45, 2.75) is 27.2 Å². The van der Waals surface area contributed by atoms with Crippen LogP contribution in [0.2, 0.25) is 0 Å². The second kappa shape index (κ2) is 7.46. The fourth-order valence-corrected chi connectivity index (χ4v) is 0.867. The van der Waals surface area contributed by atoms with Crippen LogP contribution in [-0.4, -0.2) is 19.1 Å². The first kappa shape index (κ1) is 14.2. The van der Waals surface area contributed by atoms with Gasteiger partial charge in [-0.1, -0.05) is 13.8 Å². The van der Waals surface area contributed by atoms with Crippen LogP contribution in [0.4, 0.5) is 0 Å². The van der Waals surface area contributed by atoms with Gasteiger partial charge in [-0.15, -0.1) is 5.26 Å². The molecule has 5 heteroatoms. The third-order valence-corrected chi connectivity index (χ3v) is 2.12. The second-order valence-corrected chi connectivity index (χ2v) is 3.37. The minimum Gasteiger partial charge on any atom is -0.390 e. The van der Waals surface area contributed by atoms with Crippen LogP contribution in [0, 0.1) is 17.4 Å². The van der Waals surface area contributed by atoms with Crippen LogP contribution in [0.25, 0.3) is 0 Å². The number of aliphatic imine (C=N–C) groups is 2. The molecular weight excluding hydrogens is 204 g/mol. The van der Waals surface area contributed by atoms with Crippen molar-refractivity contribution < 1.29 is 4.74 Å². The van der Waals surface area contributed by atoms with Gasteiger partial charge >= 0.3 is 0 Å². The SMILES string of the molecule is CCC(C)C=N/C(C(N)=NC)=C(\C)OC#N. The van der Waals surface area contributed by atoms with E-state index < -0.39 is 0 Å². The third kappa shape index (κ3) is 4.60. The zero-order valence-electron chi connectivity index (χ0n) is 10.2. The third-order valence-electron chi connectivity index (χ3n) is 2.12. The molecule has 0 aliphatic rings. The Morgan fingerprint density at radius 3 is 2.69 bits per heavy atom. The summed E-state index contributed by atoms with van der Waals surface area (Å²) in [6.45, 7) is 5.74. The summed E-state index contributed by atoms with van der Waals surface area (Å²) < 4.78 is 4.70. The van der Waals surface area contributed by atoms with Crippen LogP contribution >= 0.6 is 0 Å². The van der Waals surface area contributed by atoms with E-state index in [1.54, 1.807) is 26.4 Å². The van der Waals surface area contributed by atoms with Crippen molar-refractivity contribution in [3.05, 3.63) is 11.5 Å². The number of nitrogens with two attached hydrogens (primary N) is 1. The first-order valence-electron chi connectivity index (χ1n) is 5.10. The van der Waals surface area contributed by atoms with Crippen LogP contribution in [-0.2, 0) is 4.74 Å². The van der Waals surface area contributed by atoms with E-state index in [2.05, 4.69) is 16.9 Å². The van der Waals surface area contributed by atoms with Crippen molar-refractivity contribution in [2.75, 3.05) is 7.05 Å². The lowest BCUT2D eigenvalue weighted by Crippen LogP contribution is -2.16. The Balaban J connectivity index is 5.06. The van der Waals surface area contributed by atoms with Crippen LogP contribution in [0.15, 0.2) is 21.4 Å². The summed E-state index contributed by atoms with van der Waals surface area (Å²) in [5, 5.41) is 8.42. The predicted octanol–water partition coefficient (Wildman–Crippen LogP) is 1.82. The first-order chi connectivity index (χ1) is 7.56. The van der Waals surface area contributed by atoms with Crippen molar-refractivity contribution >= 4 is 12.1 Å². The van der Waals surface area contributed by atoms with Gasteiger partial charge in [0.2, 0.25) is 0 Å². The van der Waals surface area contributed by atoms with Crippen LogP contribution in [0.5, 0.6) is 0 Å². The van der Waals surface area contributed by atoms with Crippen LogP contribution < -0.4 is 5.73 Å². The Kier molecular flexibility index (Phi) is 6.61. The molecule has 0 radical (unpaired) electrons. The summed E-state index contributed by atoms with van der Waals surface area (Å²) in [5.74, 6) is 0.951. The van der Waals surface area contributed by atoms with Gasteiger partial charge in [0.1, 0.15) is 17.3 Å². The molecule has 0 saturated carbocycles. The molecule has 88 valence electrons. The van der Waals surface area contributed by atoms with Crippen molar-refractivity contribution in [3.63, 3.8) is 0 Å². The lowest BCUT2D eigenvalue weighted by Gasteiger charge is -2.05. The monoisotopic (exact) mass is 222 g/mol. The van der Waals surface area contributed by atoms with E-state index in [4.69, 9.17) is 15.7 Å². The number of nitrogens with zero attached hydrogens (tertiary/aromatic N) is 3. The number of ether oxygens (including phenoxy) is 1. The Morgan fingerprint density at radius 1 is 1.62 bits per heavy atom. The average Bonchev–Trinajstić information content (AvgIpc) is 2.28. The lowest BCUT2D eigenvalue weighted by atomic mass is 10.1. The molecule has 5 nitrogen and oxygen atoms in total. The maximum atomic E-state index is 8.42. The summed E-state index contributed by atoms with van der Waals surface area (Å²) in [6, 6.07) is 0. The lowest BCUT2D eigenvalue weighted by molar-refractivity contribution is 0.373. The fraction of sp³-hybridized carbons (Fsp3) is 0.545. The number of nitriles is 1. The molecule has 0 bridgehead atoms. The molecule has 0 heterocycles. The zero-order valence-corrected chi connectivity index (χ0v) is 10.2. The van der Waals surface area contributed by atoms with Gasteiger partial charge in [0.25, 0.3) is 6.26 Å². The number of hydrogen-bond donors (Lipinski definition) is 1. The highest BCUT2D eigenvalue weighted by atomic mass is 16.5. The van der Waals surface area contributed by atoms with Gasteiger partial charge in [0.05, 0.1) is 0 Å². The molecule has 0 aromatic heterocycles. The highest BCUT2D eigenvalue weighted by Crippen LogP contribution is 2.08. The summed E-state index contributed by atoms with van der Waals surface area (Å²) in [5.41, 5.74) is 6.07. The molecule has 0 aliphatic carbocycles. The van der Waals surface area contributed by atoms with Crippen molar-refractivity contribution in [1.29, 1.82) is 5.26 Å². The number of amidine groups is 1.